The predicted molar refractivity (Wildman–Crippen MR) is 80.4 cm³/mol. The van der Waals surface area contributed by atoms with Gasteiger partial charge < -0.3 is 10.2 Å². The number of rotatable bonds is 4. The summed E-state index contributed by atoms with van der Waals surface area (Å²) >= 11 is 0. The molecule has 0 radical (unpaired) electrons. The molecule has 3 nitrogen and oxygen atoms in total. The number of amides is 2. The van der Waals surface area contributed by atoms with Crippen LogP contribution in [0, 0.1) is 5.82 Å². The normalized spacial score (nSPS) is 13.8. The van der Waals surface area contributed by atoms with Gasteiger partial charge in [0.15, 0.2) is 0 Å². The summed E-state index contributed by atoms with van der Waals surface area (Å²) < 4.78 is 12.9. The molecule has 2 amide bonds. The van der Waals surface area contributed by atoms with E-state index in [1.807, 2.05) is 35.2 Å². The number of anilines is 1. The van der Waals surface area contributed by atoms with Gasteiger partial charge in [0.1, 0.15) is 5.82 Å². The highest BCUT2D eigenvalue weighted by molar-refractivity contribution is 5.89. The van der Waals surface area contributed by atoms with Crippen molar-refractivity contribution in [1.29, 1.82) is 0 Å². The van der Waals surface area contributed by atoms with Gasteiger partial charge >= 0.3 is 6.03 Å². The third-order valence-corrected chi connectivity index (χ3v) is 3.54. The van der Waals surface area contributed by atoms with Crippen molar-refractivity contribution in [2.24, 2.45) is 0 Å². The molecular formula is C17H17FN2O. The first kappa shape index (κ1) is 13.6. The van der Waals surface area contributed by atoms with Gasteiger partial charge in [0.05, 0.1) is 0 Å². The Morgan fingerprint density at radius 2 is 1.76 bits per heavy atom. The van der Waals surface area contributed by atoms with Gasteiger partial charge in [-0.2, -0.15) is 0 Å². The summed E-state index contributed by atoms with van der Waals surface area (Å²) in [5.41, 5.74) is 1.72. The molecule has 1 aliphatic carbocycles. The Morgan fingerprint density at radius 1 is 1.10 bits per heavy atom. The average Bonchev–Trinajstić information content (AvgIpc) is 3.33. The van der Waals surface area contributed by atoms with Crippen molar-refractivity contribution in [2.45, 2.75) is 25.4 Å². The van der Waals surface area contributed by atoms with Crippen LogP contribution in [-0.2, 0) is 6.54 Å². The summed E-state index contributed by atoms with van der Waals surface area (Å²) in [6, 6.07) is 15.9. The molecule has 0 aromatic heterocycles. The minimum Gasteiger partial charge on any atom is -0.317 e. The molecule has 1 aliphatic rings. The molecule has 1 saturated carbocycles. The third-order valence-electron chi connectivity index (χ3n) is 3.54. The fourth-order valence-electron chi connectivity index (χ4n) is 2.26. The van der Waals surface area contributed by atoms with Crippen LogP contribution in [0.4, 0.5) is 14.9 Å². The summed E-state index contributed by atoms with van der Waals surface area (Å²) in [4.78, 5) is 14.3. The summed E-state index contributed by atoms with van der Waals surface area (Å²) in [5, 5.41) is 2.83. The van der Waals surface area contributed by atoms with Gasteiger partial charge in [-0.25, -0.2) is 9.18 Å². The first-order valence-electron chi connectivity index (χ1n) is 7.09. The molecule has 3 rings (SSSR count). The van der Waals surface area contributed by atoms with Crippen LogP contribution < -0.4 is 5.32 Å². The smallest absolute Gasteiger partial charge is 0.317 e. The van der Waals surface area contributed by atoms with E-state index in [2.05, 4.69) is 5.32 Å². The van der Waals surface area contributed by atoms with E-state index in [1.165, 1.54) is 12.1 Å². The second-order valence-corrected chi connectivity index (χ2v) is 5.28. The van der Waals surface area contributed by atoms with Crippen molar-refractivity contribution in [3.05, 3.63) is 66.0 Å². The second kappa shape index (κ2) is 5.95. The Bertz CT molecular complexity index is 608. The topological polar surface area (TPSA) is 32.3 Å². The highest BCUT2D eigenvalue weighted by atomic mass is 19.1. The van der Waals surface area contributed by atoms with Crippen molar-refractivity contribution < 1.29 is 9.18 Å². The summed E-state index contributed by atoms with van der Waals surface area (Å²) in [5.74, 6) is -0.309. The zero-order valence-electron chi connectivity index (χ0n) is 11.6. The van der Waals surface area contributed by atoms with E-state index in [1.54, 1.807) is 12.1 Å². The van der Waals surface area contributed by atoms with Crippen LogP contribution in [0.3, 0.4) is 0 Å². The zero-order valence-corrected chi connectivity index (χ0v) is 11.6. The molecule has 108 valence electrons. The fraction of sp³-hybridized carbons (Fsp3) is 0.235. The molecule has 0 spiro atoms. The Kier molecular flexibility index (Phi) is 3.86. The highest BCUT2D eigenvalue weighted by Gasteiger charge is 2.32. The van der Waals surface area contributed by atoms with Crippen LogP contribution in [0.25, 0.3) is 0 Å². The van der Waals surface area contributed by atoms with Crippen molar-refractivity contribution in [2.75, 3.05) is 5.32 Å². The summed E-state index contributed by atoms with van der Waals surface area (Å²) in [6.07, 6.45) is 2.09. The Morgan fingerprint density at radius 3 is 2.38 bits per heavy atom. The first-order valence-corrected chi connectivity index (χ1v) is 7.09. The monoisotopic (exact) mass is 284 g/mol. The number of halogens is 1. The molecule has 0 bridgehead atoms. The maximum Gasteiger partial charge on any atom is 0.322 e. The van der Waals surface area contributed by atoms with E-state index in [0.717, 1.165) is 18.4 Å². The lowest BCUT2D eigenvalue weighted by Gasteiger charge is -2.23. The van der Waals surface area contributed by atoms with Crippen molar-refractivity contribution >= 4 is 11.7 Å². The molecule has 0 atom stereocenters. The zero-order chi connectivity index (χ0) is 14.7. The van der Waals surface area contributed by atoms with Gasteiger partial charge in [0, 0.05) is 18.3 Å². The molecule has 2 aromatic rings. The van der Waals surface area contributed by atoms with Crippen LogP contribution in [0.2, 0.25) is 0 Å². The van der Waals surface area contributed by atoms with Crippen LogP contribution in [0.15, 0.2) is 54.6 Å². The van der Waals surface area contributed by atoms with Gasteiger partial charge in [-0.3, -0.25) is 0 Å². The van der Waals surface area contributed by atoms with Crippen molar-refractivity contribution in [1.82, 2.24) is 4.90 Å². The minimum absolute atomic E-state index is 0.132. The van der Waals surface area contributed by atoms with Crippen LogP contribution in [-0.4, -0.2) is 17.0 Å². The molecule has 0 unspecified atom stereocenters. The molecule has 0 aliphatic heterocycles. The number of hydrogen-bond donors (Lipinski definition) is 1. The van der Waals surface area contributed by atoms with E-state index in [-0.39, 0.29) is 11.8 Å². The lowest BCUT2D eigenvalue weighted by atomic mass is 10.2. The van der Waals surface area contributed by atoms with Crippen LogP contribution >= 0.6 is 0 Å². The number of carbonyl (C=O) groups excluding carboxylic acids is 1. The number of urea groups is 1. The summed E-state index contributed by atoms with van der Waals surface area (Å²) in [6.45, 7) is 0.596. The van der Waals surface area contributed by atoms with E-state index in [9.17, 15) is 9.18 Å². The third kappa shape index (κ3) is 3.60. The SMILES string of the molecule is O=C(Nc1ccc(F)cc1)N(Cc1ccccc1)C1CC1. The van der Waals surface area contributed by atoms with Crippen molar-refractivity contribution in [3.63, 3.8) is 0 Å². The van der Waals surface area contributed by atoms with Gasteiger partial charge in [0.25, 0.3) is 0 Å². The van der Waals surface area contributed by atoms with Crippen LogP contribution in [0.5, 0.6) is 0 Å². The predicted octanol–water partition coefficient (Wildman–Crippen LogP) is 4.02. The second-order valence-electron chi connectivity index (χ2n) is 5.28. The number of hydrogen-bond acceptors (Lipinski definition) is 1. The fourth-order valence-corrected chi connectivity index (χ4v) is 2.26. The maximum absolute atomic E-state index is 12.9. The molecule has 0 heterocycles. The molecular weight excluding hydrogens is 267 g/mol. The number of benzene rings is 2. The van der Waals surface area contributed by atoms with Gasteiger partial charge in [-0.15, -0.1) is 0 Å². The Balaban J connectivity index is 1.69. The Hall–Kier alpha value is -2.36. The lowest BCUT2D eigenvalue weighted by molar-refractivity contribution is 0.206. The Labute approximate surface area is 123 Å². The van der Waals surface area contributed by atoms with Crippen LogP contribution in [0.1, 0.15) is 18.4 Å². The first-order chi connectivity index (χ1) is 10.2. The molecule has 1 N–H and O–H groups in total. The van der Waals surface area contributed by atoms with Gasteiger partial charge in [0.2, 0.25) is 0 Å². The molecule has 0 saturated heterocycles. The van der Waals surface area contributed by atoms with Gasteiger partial charge in [-0.1, -0.05) is 30.3 Å². The van der Waals surface area contributed by atoms with Crippen molar-refractivity contribution in [3.8, 4) is 0 Å². The largest absolute Gasteiger partial charge is 0.322 e. The minimum atomic E-state index is -0.309. The van der Waals surface area contributed by atoms with E-state index in [0.29, 0.717) is 18.3 Å². The average molecular weight is 284 g/mol. The van der Waals surface area contributed by atoms with E-state index < -0.39 is 0 Å². The molecule has 4 heteroatoms. The summed E-state index contributed by atoms with van der Waals surface area (Å²) in [7, 11) is 0. The quantitative estimate of drug-likeness (QED) is 0.903. The standard InChI is InChI=1S/C17H17FN2O/c18-14-6-8-15(9-7-14)19-17(21)20(16-10-11-16)12-13-4-2-1-3-5-13/h1-9,16H,10-12H2,(H,19,21). The maximum atomic E-state index is 12.9. The highest BCUT2D eigenvalue weighted by Crippen LogP contribution is 2.29. The molecule has 2 aromatic carbocycles. The molecule has 1 fully saturated rings. The molecule has 21 heavy (non-hydrogen) atoms. The van der Waals surface area contributed by atoms with E-state index >= 15 is 0 Å². The number of nitrogens with zero attached hydrogens (tertiary/aromatic N) is 1. The lowest BCUT2D eigenvalue weighted by Crippen LogP contribution is -2.36. The number of carbonyl (C=O) groups is 1. The number of nitrogens with one attached hydrogen (secondary N) is 1. The van der Waals surface area contributed by atoms with E-state index in [4.69, 9.17) is 0 Å². The van der Waals surface area contributed by atoms with Gasteiger partial charge in [-0.05, 0) is 42.7 Å².